The van der Waals surface area contributed by atoms with E-state index in [4.69, 9.17) is 4.74 Å². The molecular weight excluding hydrogens is 218 g/mol. The van der Waals surface area contributed by atoms with Gasteiger partial charge in [0.15, 0.2) is 0 Å². The Morgan fingerprint density at radius 3 is 3.19 bits per heavy atom. The molecule has 1 aromatic rings. The van der Waals surface area contributed by atoms with Crippen molar-refractivity contribution in [2.45, 2.75) is 18.2 Å². The van der Waals surface area contributed by atoms with Gasteiger partial charge in [-0.15, -0.1) is 0 Å². The van der Waals surface area contributed by atoms with Gasteiger partial charge in [0.25, 0.3) is 0 Å². The summed E-state index contributed by atoms with van der Waals surface area (Å²) in [4.78, 5) is 0. The number of hydrogen-bond acceptors (Lipinski definition) is 3. The molecule has 0 radical (unpaired) electrons. The molecule has 88 valence electrons. The maximum absolute atomic E-state index is 5.06. The van der Waals surface area contributed by atoms with Crippen molar-refractivity contribution < 1.29 is 4.74 Å². The molecule has 0 aromatic heterocycles. The average molecular weight is 237 g/mol. The third-order valence-corrected chi connectivity index (χ3v) is 3.97. The fourth-order valence-corrected chi connectivity index (χ4v) is 3.18. The van der Waals surface area contributed by atoms with Gasteiger partial charge >= 0.3 is 0 Å². The highest BCUT2D eigenvalue weighted by Gasteiger charge is 2.18. The van der Waals surface area contributed by atoms with E-state index in [0.29, 0.717) is 6.04 Å². The molecule has 2 rings (SSSR count). The smallest absolute Gasteiger partial charge is 0.0474 e. The number of benzene rings is 1. The summed E-state index contributed by atoms with van der Waals surface area (Å²) < 4.78 is 5.06. The number of ether oxygens (including phenoxy) is 1. The van der Waals surface area contributed by atoms with E-state index >= 15 is 0 Å². The van der Waals surface area contributed by atoms with Crippen LogP contribution in [0.15, 0.2) is 24.3 Å². The van der Waals surface area contributed by atoms with E-state index in [0.717, 1.165) is 25.3 Å². The lowest BCUT2D eigenvalue weighted by Gasteiger charge is -2.26. The van der Waals surface area contributed by atoms with Crippen molar-refractivity contribution in [1.29, 1.82) is 0 Å². The van der Waals surface area contributed by atoms with Crippen LogP contribution in [0.4, 0.5) is 0 Å². The van der Waals surface area contributed by atoms with Crippen molar-refractivity contribution >= 4 is 11.8 Å². The minimum atomic E-state index is 0.520. The van der Waals surface area contributed by atoms with Gasteiger partial charge in [0.1, 0.15) is 0 Å². The molecule has 1 aromatic carbocycles. The third kappa shape index (κ3) is 3.00. The minimum absolute atomic E-state index is 0.520. The first kappa shape index (κ1) is 12.0. The van der Waals surface area contributed by atoms with E-state index < -0.39 is 0 Å². The summed E-state index contributed by atoms with van der Waals surface area (Å²) in [7, 11) is 1.76. The van der Waals surface area contributed by atoms with E-state index in [9.17, 15) is 0 Å². The van der Waals surface area contributed by atoms with Crippen LogP contribution in [0.1, 0.15) is 23.6 Å². The molecule has 1 N–H and O–H groups in total. The second kappa shape index (κ2) is 6.28. The molecular formula is C13H19NOS. The second-order valence-corrected chi connectivity index (χ2v) is 5.10. The standard InChI is InChI=1S/C13H19NOS/c1-15-8-4-7-14-13-10-16-9-11-5-2-3-6-12(11)13/h2-3,5-6,13-14H,4,7-10H2,1H3. The van der Waals surface area contributed by atoms with E-state index in [1.807, 2.05) is 11.8 Å². The Balaban J connectivity index is 1.91. The summed E-state index contributed by atoms with van der Waals surface area (Å²) in [5.41, 5.74) is 2.97. The molecule has 2 nitrogen and oxygen atoms in total. The van der Waals surface area contributed by atoms with Crippen molar-refractivity contribution in [1.82, 2.24) is 5.32 Å². The quantitative estimate of drug-likeness (QED) is 0.795. The molecule has 0 saturated heterocycles. The van der Waals surface area contributed by atoms with Crippen molar-refractivity contribution in [3.8, 4) is 0 Å². The number of rotatable bonds is 5. The van der Waals surface area contributed by atoms with Gasteiger partial charge in [-0.1, -0.05) is 24.3 Å². The Morgan fingerprint density at radius 2 is 2.31 bits per heavy atom. The van der Waals surface area contributed by atoms with Crippen molar-refractivity contribution in [3.63, 3.8) is 0 Å². The van der Waals surface area contributed by atoms with Gasteiger partial charge in [0, 0.05) is 31.3 Å². The minimum Gasteiger partial charge on any atom is -0.385 e. The molecule has 1 unspecified atom stereocenters. The third-order valence-electron chi connectivity index (χ3n) is 2.89. The van der Waals surface area contributed by atoms with Gasteiger partial charge < -0.3 is 10.1 Å². The van der Waals surface area contributed by atoms with Crippen LogP contribution in [0.5, 0.6) is 0 Å². The SMILES string of the molecule is COCCCNC1CSCc2ccccc21. The van der Waals surface area contributed by atoms with E-state index in [1.54, 1.807) is 7.11 Å². The predicted octanol–water partition coefficient (Wildman–Crippen LogP) is 2.60. The summed E-state index contributed by atoms with van der Waals surface area (Å²) in [6.07, 6.45) is 1.08. The molecule has 0 fully saturated rings. The highest BCUT2D eigenvalue weighted by molar-refractivity contribution is 7.98. The van der Waals surface area contributed by atoms with Crippen LogP contribution in [-0.4, -0.2) is 26.0 Å². The molecule has 1 aliphatic rings. The summed E-state index contributed by atoms with van der Waals surface area (Å²) >= 11 is 2.02. The molecule has 16 heavy (non-hydrogen) atoms. The fraction of sp³-hybridized carbons (Fsp3) is 0.538. The largest absolute Gasteiger partial charge is 0.385 e. The summed E-state index contributed by atoms with van der Waals surface area (Å²) in [6, 6.07) is 9.28. The van der Waals surface area contributed by atoms with Gasteiger partial charge in [-0.05, 0) is 24.1 Å². The number of fused-ring (bicyclic) bond motifs is 1. The first-order valence-corrected chi connectivity index (χ1v) is 6.95. The highest BCUT2D eigenvalue weighted by Crippen LogP contribution is 2.31. The molecule has 1 aliphatic heterocycles. The number of nitrogens with one attached hydrogen (secondary N) is 1. The van der Waals surface area contributed by atoms with Crippen LogP contribution < -0.4 is 5.32 Å². The van der Waals surface area contributed by atoms with Crippen LogP contribution in [-0.2, 0) is 10.5 Å². The Bertz CT molecular complexity index is 329. The van der Waals surface area contributed by atoms with Gasteiger partial charge in [0.2, 0.25) is 0 Å². The zero-order valence-corrected chi connectivity index (χ0v) is 10.6. The van der Waals surface area contributed by atoms with Crippen molar-refractivity contribution in [3.05, 3.63) is 35.4 Å². The van der Waals surface area contributed by atoms with E-state index in [2.05, 4.69) is 29.6 Å². The molecule has 0 aliphatic carbocycles. The molecule has 1 atom stereocenters. The number of thioether (sulfide) groups is 1. The number of hydrogen-bond donors (Lipinski definition) is 1. The zero-order chi connectivity index (χ0) is 11.2. The zero-order valence-electron chi connectivity index (χ0n) is 9.74. The fourth-order valence-electron chi connectivity index (χ4n) is 2.04. The van der Waals surface area contributed by atoms with Gasteiger partial charge in [-0.2, -0.15) is 11.8 Å². The lowest BCUT2D eigenvalue weighted by atomic mass is 10.0. The summed E-state index contributed by atoms with van der Waals surface area (Å²) in [6.45, 7) is 1.88. The predicted molar refractivity (Wildman–Crippen MR) is 69.8 cm³/mol. The molecule has 1 heterocycles. The van der Waals surface area contributed by atoms with Crippen LogP contribution in [0.2, 0.25) is 0 Å². The Labute approximate surface area is 102 Å². The van der Waals surface area contributed by atoms with Gasteiger partial charge in [0.05, 0.1) is 0 Å². The summed E-state index contributed by atoms with van der Waals surface area (Å²) in [5, 5.41) is 3.61. The molecule has 0 spiro atoms. The normalized spacial score (nSPS) is 19.4. The second-order valence-electron chi connectivity index (χ2n) is 4.07. The first-order valence-electron chi connectivity index (χ1n) is 5.79. The molecule has 3 heteroatoms. The highest BCUT2D eigenvalue weighted by atomic mass is 32.2. The Morgan fingerprint density at radius 1 is 1.44 bits per heavy atom. The van der Waals surface area contributed by atoms with E-state index in [1.165, 1.54) is 16.9 Å². The van der Waals surface area contributed by atoms with Gasteiger partial charge in [-0.25, -0.2) is 0 Å². The monoisotopic (exact) mass is 237 g/mol. The Kier molecular flexibility index (Phi) is 4.69. The van der Waals surface area contributed by atoms with Crippen molar-refractivity contribution in [2.24, 2.45) is 0 Å². The van der Waals surface area contributed by atoms with Crippen LogP contribution >= 0.6 is 11.8 Å². The van der Waals surface area contributed by atoms with Crippen LogP contribution in [0.25, 0.3) is 0 Å². The first-order chi connectivity index (χ1) is 7.92. The van der Waals surface area contributed by atoms with Crippen LogP contribution in [0.3, 0.4) is 0 Å². The lowest BCUT2D eigenvalue weighted by Crippen LogP contribution is -2.28. The lowest BCUT2D eigenvalue weighted by molar-refractivity contribution is 0.193. The molecule has 0 saturated carbocycles. The number of methoxy groups -OCH3 is 1. The summed E-state index contributed by atoms with van der Waals surface area (Å²) in [5.74, 6) is 2.34. The molecule has 0 bridgehead atoms. The topological polar surface area (TPSA) is 21.3 Å². The van der Waals surface area contributed by atoms with E-state index in [-0.39, 0.29) is 0 Å². The average Bonchev–Trinajstić information content (AvgIpc) is 2.35. The maximum atomic E-state index is 5.06. The molecule has 0 amide bonds. The van der Waals surface area contributed by atoms with Crippen LogP contribution in [0, 0.1) is 0 Å². The Hall–Kier alpha value is -0.510. The van der Waals surface area contributed by atoms with Crippen molar-refractivity contribution in [2.75, 3.05) is 26.0 Å². The maximum Gasteiger partial charge on any atom is 0.0474 e. The van der Waals surface area contributed by atoms with Gasteiger partial charge in [-0.3, -0.25) is 0 Å².